The van der Waals surface area contributed by atoms with Crippen molar-refractivity contribution in [2.24, 2.45) is 5.73 Å². The summed E-state index contributed by atoms with van der Waals surface area (Å²) in [4.78, 5) is 12.3. The van der Waals surface area contributed by atoms with E-state index in [2.05, 4.69) is 0 Å². The molecule has 20 heavy (non-hydrogen) atoms. The van der Waals surface area contributed by atoms with E-state index in [0.717, 1.165) is 4.90 Å². The van der Waals surface area contributed by atoms with Crippen LogP contribution in [0, 0.1) is 5.82 Å². The first kappa shape index (κ1) is 14.6. The Morgan fingerprint density at radius 1 is 1.15 bits per heavy atom. The Balaban J connectivity index is 2.18. The highest BCUT2D eigenvalue weighted by Gasteiger charge is 2.36. The maximum Gasteiger partial charge on any atom is 0.329 e. The van der Waals surface area contributed by atoms with E-state index in [0.29, 0.717) is 5.56 Å². The van der Waals surface area contributed by atoms with E-state index >= 15 is 0 Å². The summed E-state index contributed by atoms with van der Waals surface area (Å²) in [5.41, 5.74) is 5.12. The van der Waals surface area contributed by atoms with Crippen LogP contribution >= 0.6 is 11.8 Å². The van der Waals surface area contributed by atoms with Crippen LogP contribution in [-0.4, -0.2) is 16.8 Å². The van der Waals surface area contributed by atoms with Crippen LogP contribution in [0.25, 0.3) is 0 Å². The summed E-state index contributed by atoms with van der Waals surface area (Å²) in [6, 6.07) is 14.6. The van der Waals surface area contributed by atoms with Gasteiger partial charge in [0.15, 0.2) is 0 Å². The van der Waals surface area contributed by atoms with E-state index in [1.165, 1.54) is 23.9 Å². The predicted molar refractivity (Wildman–Crippen MR) is 77.1 cm³/mol. The first-order chi connectivity index (χ1) is 9.52. The van der Waals surface area contributed by atoms with Crippen molar-refractivity contribution in [1.29, 1.82) is 0 Å². The normalized spacial score (nSPS) is 13.7. The number of nitrogens with two attached hydrogens (primary N) is 1. The summed E-state index contributed by atoms with van der Waals surface area (Å²) >= 11 is 1.29. The van der Waals surface area contributed by atoms with Gasteiger partial charge in [-0.2, -0.15) is 0 Å². The second-order valence-corrected chi connectivity index (χ2v) is 5.43. The van der Waals surface area contributed by atoms with Gasteiger partial charge in [-0.25, -0.2) is 9.18 Å². The number of hydrogen-bond donors (Lipinski definition) is 2. The number of rotatable bonds is 5. The summed E-state index contributed by atoms with van der Waals surface area (Å²) in [7, 11) is 0. The SMILES string of the molecule is NC(CSc1ccc(F)cc1)(C(=O)O)c1ccccc1. The lowest BCUT2D eigenvalue weighted by atomic mass is 9.93. The van der Waals surface area contributed by atoms with E-state index < -0.39 is 11.5 Å². The van der Waals surface area contributed by atoms with E-state index in [1.807, 2.05) is 0 Å². The van der Waals surface area contributed by atoms with Crippen molar-refractivity contribution in [3.63, 3.8) is 0 Å². The Morgan fingerprint density at radius 2 is 1.75 bits per heavy atom. The molecule has 0 aliphatic carbocycles. The molecule has 0 aromatic heterocycles. The lowest BCUT2D eigenvalue weighted by molar-refractivity contribution is -0.142. The number of halogens is 1. The lowest BCUT2D eigenvalue weighted by Gasteiger charge is -2.24. The largest absolute Gasteiger partial charge is 0.480 e. The molecule has 2 aromatic rings. The van der Waals surface area contributed by atoms with Crippen molar-refractivity contribution in [2.75, 3.05) is 5.75 Å². The molecule has 0 radical (unpaired) electrons. The Morgan fingerprint density at radius 3 is 2.30 bits per heavy atom. The molecule has 0 aliphatic heterocycles. The number of carbonyl (C=O) groups is 1. The maximum atomic E-state index is 12.8. The van der Waals surface area contributed by atoms with Gasteiger partial charge in [0.25, 0.3) is 0 Å². The highest BCUT2D eigenvalue weighted by molar-refractivity contribution is 7.99. The molecule has 2 rings (SSSR count). The molecule has 1 unspecified atom stereocenters. The number of benzene rings is 2. The standard InChI is InChI=1S/C15H14FNO2S/c16-12-6-8-13(9-7-12)20-10-15(17,14(18)19)11-4-2-1-3-5-11/h1-9H,10,17H2,(H,18,19). The molecule has 0 saturated heterocycles. The summed E-state index contributed by atoms with van der Waals surface area (Å²) in [6.07, 6.45) is 0. The number of aliphatic carboxylic acids is 1. The zero-order valence-electron chi connectivity index (χ0n) is 10.6. The lowest BCUT2D eigenvalue weighted by Crippen LogP contribution is -2.47. The maximum absolute atomic E-state index is 12.8. The fourth-order valence-electron chi connectivity index (χ4n) is 1.73. The minimum Gasteiger partial charge on any atom is -0.480 e. The summed E-state index contributed by atoms with van der Waals surface area (Å²) in [6.45, 7) is 0. The monoisotopic (exact) mass is 291 g/mol. The zero-order valence-corrected chi connectivity index (χ0v) is 11.4. The first-order valence-electron chi connectivity index (χ1n) is 5.98. The van der Waals surface area contributed by atoms with E-state index in [4.69, 9.17) is 5.73 Å². The van der Waals surface area contributed by atoms with Gasteiger partial charge in [-0.15, -0.1) is 11.8 Å². The third kappa shape index (κ3) is 3.18. The summed E-state index contributed by atoms with van der Waals surface area (Å²) < 4.78 is 12.8. The van der Waals surface area contributed by atoms with Gasteiger partial charge in [-0.3, -0.25) is 0 Å². The quantitative estimate of drug-likeness (QED) is 0.831. The molecule has 0 fully saturated rings. The van der Waals surface area contributed by atoms with Crippen molar-refractivity contribution >= 4 is 17.7 Å². The summed E-state index contributed by atoms with van der Waals surface area (Å²) in [5, 5.41) is 9.41. The second-order valence-electron chi connectivity index (χ2n) is 4.39. The molecule has 1 atom stereocenters. The van der Waals surface area contributed by atoms with Gasteiger partial charge in [-0.1, -0.05) is 30.3 Å². The van der Waals surface area contributed by atoms with Gasteiger partial charge in [-0.05, 0) is 29.8 Å². The third-order valence-corrected chi connectivity index (χ3v) is 4.16. The molecule has 2 aromatic carbocycles. The number of carboxylic acid groups (broad SMARTS) is 1. The highest BCUT2D eigenvalue weighted by atomic mass is 32.2. The highest BCUT2D eigenvalue weighted by Crippen LogP contribution is 2.28. The molecule has 0 spiro atoms. The third-order valence-electron chi connectivity index (χ3n) is 2.95. The second kappa shape index (κ2) is 6.07. The Bertz CT molecular complexity index is 589. The smallest absolute Gasteiger partial charge is 0.329 e. The molecule has 3 N–H and O–H groups in total. The van der Waals surface area contributed by atoms with Crippen LogP contribution in [0.5, 0.6) is 0 Å². The topological polar surface area (TPSA) is 63.3 Å². The Kier molecular flexibility index (Phi) is 4.42. The molecule has 3 nitrogen and oxygen atoms in total. The van der Waals surface area contributed by atoms with Crippen molar-refractivity contribution in [1.82, 2.24) is 0 Å². The molecular weight excluding hydrogens is 277 g/mol. The van der Waals surface area contributed by atoms with Crippen LogP contribution < -0.4 is 5.73 Å². The van der Waals surface area contributed by atoms with E-state index in [1.54, 1.807) is 42.5 Å². The van der Waals surface area contributed by atoms with Crippen molar-refractivity contribution in [2.45, 2.75) is 10.4 Å². The van der Waals surface area contributed by atoms with Crippen LogP contribution in [0.2, 0.25) is 0 Å². The Labute approximate surface area is 120 Å². The fraction of sp³-hybridized carbons (Fsp3) is 0.133. The molecule has 5 heteroatoms. The molecule has 0 heterocycles. The van der Waals surface area contributed by atoms with Crippen molar-refractivity contribution in [3.8, 4) is 0 Å². The average molecular weight is 291 g/mol. The Hall–Kier alpha value is -1.85. The van der Waals surface area contributed by atoms with E-state index in [-0.39, 0.29) is 11.6 Å². The molecule has 0 bridgehead atoms. The minimum atomic E-state index is -1.47. The molecular formula is C15H14FNO2S. The van der Waals surface area contributed by atoms with Crippen LogP contribution in [0.3, 0.4) is 0 Å². The molecule has 0 amide bonds. The summed E-state index contributed by atoms with van der Waals surface area (Å²) in [5.74, 6) is -1.24. The predicted octanol–water partition coefficient (Wildman–Crippen LogP) is 2.86. The van der Waals surface area contributed by atoms with Crippen molar-refractivity contribution in [3.05, 3.63) is 66.0 Å². The minimum absolute atomic E-state index is 0.165. The fourth-order valence-corrected chi connectivity index (χ4v) is 2.75. The average Bonchev–Trinajstić information content (AvgIpc) is 2.47. The van der Waals surface area contributed by atoms with Crippen LogP contribution in [0.1, 0.15) is 5.56 Å². The first-order valence-corrected chi connectivity index (χ1v) is 6.97. The number of carboxylic acids is 1. The number of thioether (sulfide) groups is 1. The van der Waals surface area contributed by atoms with Crippen LogP contribution in [0.15, 0.2) is 59.5 Å². The number of hydrogen-bond acceptors (Lipinski definition) is 3. The van der Waals surface area contributed by atoms with Crippen molar-refractivity contribution < 1.29 is 14.3 Å². The van der Waals surface area contributed by atoms with Gasteiger partial charge in [0, 0.05) is 10.6 Å². The molecule has 104 valence electrons. The van der Waals surface area contributed by atoms with Crippen LogP contribution in [0.4, 0.5) is 4.39 Å². The van der Waals surface area contributed by atoms with Gasteiger partial charge >= 0.3 is 5.97 Å². The molecule has 0 saturated carbocycles. The zero-order chi connectivity index (χ0) is 14.6. The van der Waals surface area contributed by atoms with Crippen LogP contribution in [-0.2, 0) is 10.3 Å². The van der Waals surface area contributed by atoms with Gasteiger partial charge in [0.05, 0.1) is 0 Å². The van der Waals surface area contributed by atoms with Gasteiger partial charge < -0.3 is 10.8 Å². The molecule has 0 aliphatic rings. The van der Waals surface area contributed by atoms with Gasteiger partial charge in [0.1, 0.15) is 11.4 Å². The van der Waals surface area contributed by atoms with Gasteiger partial charge in [0.2, 0.25) is 0 Å². The van der Waals surface area contributed by atoms with E-state index in [9.17, 15) is 14.3 Å².